The predicted molar refractivity (Wildman–Crippen MR) is 56.2 cm³/mol. The van der Waals surface area contributed by atoms with Gasteiger partial charge in [0.05, 0.1) is 6.54 Å². The highest BCUT2D eigenvalue weighted by Gasteiger charge is 2.10. The van der Waals surface area contributed by atoms with Crippen LogP contribution < -0.4 is 4.90 Å². The second-order valence-electron chi connectivity index (χ2n) is 3.46. The maximum atomic E-state index is 12.8. The van der Waals surface area contributed by atoms with Crippen LogP contribution in [0.25, 0.3) is 0 Å². The Morgan fingerprint density at radius 3 is 2.60 bits per heavy atom. The van der Waals surface area contributed by atoms with Gasteiger partial charge in [0.15, 0.2) is 0 Å². The molecule has 0 aliphatic carbocycles. The van der Waals surface area contributed by atoms with Crippen molar-refractivity contribution in [2.45, 2.75) is 0 Å². The van der Waals surface area contributed by atoms with Crippen molar-refractivity contribution in [1.82, 2.24) is 9.88 Å². The molecule has 1 rings (SSSR count). The van der Waals surface area contributed by atoms with Gasteiger partial charge in [-0.15, -0.1) is 0 Å². The van der Waals surface area contributed by atoms with Gasteiger partial charge in [0.1, 0.15) is 5.82 Å². The molecule has 82 valence electrons. The lowest BCUT2D eigenvalue weighted by Gasteiger charge is -2.19. The number of anilines is 1. The molecule has 0 aliphatic heterocycles. The van der Waals surface area contributed by atoms with E-state index in [2.05, 4.69) is 4.98 Å². The van der Waals surface area contributed by atoms with Gasteiger partial charge in [0.2, 0.25) is 11.9 Å². The van der Waals surface area contributed by atoms with Crippen LogP contribution in [0.5, 0.6) is 0 Å². The van der Waals surface area contributed by atoms with Crippen molar-refractivity contribution in [3.05, 3.63) is 24.1 Å². The van der Waals surface area contributed by atoms with E-state index in [1.54, 1.807) is 38.2 Å². The van der Waals surface area contributed by atoms with E-state index in [1.165, 1.54) is 11.0 Å². The second-order valence-corrected chi connectivity index (χ2v) is 3.46. The van der Waals surface area contributed by atoms with Crippen LogP contribution in [0.2, 0.25) is 0 Å². The van der Waals surface area contributed by atoms with Crippen molar-refractivity contribution in [2.24, 2.45) is 0 Å². The zero-order valence-electron chi connectivity index (χ0n) is 9.07. The highest BCUT2D eigenvalue weighted by molar-refractivity contribution is 5.80. The van der Waals surface area contributed by atoms with Crippen LogP contribution in [-0.4, -0.2) is 43.5 Å². The number of rotatable bonds is 3. The largest absolute Gasteiger partial charge is 0.350 e. The fourth-order valence-electron chi connectivity index (χ4n) is 1.04. The molecule has 0 spiro atoms. The standard InChI is InChI=1S/C10H14FN3O/c1-13(2)10(15)7-14(3)9-6-4-5-8(11)12-9/h4-6H,7H2,1-3H3. The maximum absolute atomic E-state index is 12.8. The van der Waals surface area contributed by atoms with Crippen LogP contribution >= 0.6 is 0 Å². The molecule has 0 radical (unpaired) electrons. The Morgan fingerprint density at radius 1 is 1.40 bits per heavy atom. The summed E-state index contributed by atoms with van der Waals surface area (Å²) in [4.78, 5) is 18.1. The molecule has 0 saturated heterocycles. The SMILES string of the molecule is CN(C)C(=O)CN(C)c1cccc(F)n1. The summed E-state index contributed by atoms with van der Waals surface area (Å²) < 4.78 is 12.8. The van der Waals surface area contributed by atoms with Gasteiger partial charge in [-0.25, -0.2) is 4.98 Å². The normalized spacial score (nSPS) is 9.87. The van der Waals surface area contributed by atoms with Crippen LogP contribution in [0, 0.1) is 5.95 Å². The number of aromatic nitrogens is 1. The third kappa shape index (κ3) is 3.19. The van der Waals surface area contributed by atoms with E-state index in [9.17, 15) is 9.18 Å². The highest BCUT2D eigenvalue weighted by atomic mass is 19.1. The summed E-state index contributed by atoms with van der Waals surface area (Å²) in [6.45, 7) is 0.184. The lowest BCUT2D eigenvalue weighted by Crippen LogP contribution is -2.34. The van der Waals surface area contributed by atoms with Crippen LogP contribution in [0.15, 0.2) is 18.2 Å². The van der Waals surface area contributed by atoms with E-state index >= 15 is 0 Å². The first-order valence-corrected chi connectivity index (χ1v) is 4.54. The molecule has 0 bridgehead atoms. The smallest absolute Gasteiger partial charge is 0.241 e. The minimum absolute atomic E-state index is 0.0523. The summed E-state index contributed by atoms with van der Waals surface area (Å²) >= 11 is 0. The Morgan fingerprint density at radius 2 is 2.07 bits per heavy atom. The monoisotopic (exact) mass is 211 g/mol. The van der Waals surface area contributed by atoms with Crippen molar-refractivity contribution in [2.75, 3.05) is 32.6 Å². The predicted octanol–water partition coefficient (Wildman–Crippen LogP) is 0.745. The molecule has 0 aliphatic rings. The first kappa shape index (κ1) is 11.4. The number of amides is 1. The summed E-state index contributed by atoms with van der Waals surface area (Å²) in [5.74, 6) is -0.148. The molecule has 0 atom stereocenters. The lowest BCUT2D eigenvalue weighted by atomic mass is 10.4. The summed E-state index contributed by atoms with van der Waals surface area (Å²) in [6.07, 6.45) is 0. The van der Waals surface area contributed by atoms with Crippen LogP contribution in [0.4, 0.5) is 10.2 Å². The highest BCUT2D eigenvalue weighted by Crippen LogP contribution is 2.08. The van der Waals surface area contributed by atoms with Crippen LogP contribution in [0.1, 0.15) is 0 Å². The van der Waals surface area contributed by atoms with Crippen molar-refractivity contribution in [3.63, 3.8) is 0 Å². The van der Waals surface area contributed by atoms with Gasteiger partial charge >= 0.3 is 0 Å². The number of likely N-dealkylation sites (N-methyl/N-ethyl adjacent to an activating group) is 2. The molecule has 0 saturated carbocycles. The van der Waals surface area contributed by atoms with Crippen molar-refractivity contribution < 1.29 is 9.18 Å². The topological polar surface area (TPSA) is 36.4 Å². The molecular weight excluding hydrogens is 197 g/mol. The molecule has 5 heteroatoms. The lowest BCUT2D eigenvalue weighted by molar-refractivity contribution is -0.127. The Kier molecular flexibility index (Phi) is 3.60. The zero-order valence-corrected chi connectivity index (χ0v) is 9.07. The molecule has 1 aromatic heterocycles. The first-order chi connectivity index (χ1) is 7.00. The average molecular weight is 211 g/mol. The number of hydrogen-bond acceptors (Lipinski definition) is 3. The summed E-state index contributed by atoms with van der Waals surface area (Å²) in [7, 11) is 5.05. The van der Waals surface area contributed by atoms with Gasteiger partial charge in [-0.1, -0.05) is 6.07 Å². The Balaban J connectivity index is 2.69. The van der Waals surface area contributed by atoms with E-state index in [-0.39, 0.29) is 12.5 Å². The van der Waals surface area contributed by atoms with Gasteiger partial charge in [-0.2, -0.15) is 4.39 Å². The van der Waals surface area contributed by atoms with E-state index < -0.39 is 5.95 Å². The van der Waals surface area contributed by atoms with Gasteiger partial charge < -0.3 is 9.80 Å². The van der Waals surface area contributed by atoms with Gasteiger partial charge in [0.25, 0.3) is 0 Å². The third-order valence-electron chi connectivity index (χ3n) is 1.96. The number of carbonyl (C=O) groups excluding carboxylic acids is 1. The number of pyridine rings is 1. The molecule has 0 aromatic carbocycles. The van der Waals surface area contributed by atoms with Crippen molar-refractivity contribution in [1.29, 1.82) is 0 Å². The Hall–Kier alpha value is -1.65. The van der Waals surface area contributed by atoms with E-state index in [0.29, 0.717) is 5.82 Å². The van der Waals surface area contributed by atoms with Gasteiger partial charge in [-0.3, -0.25) is 4.79 Å². The molecule has 1 amide bonds. The first-order valence-electron chi connectivity index (χ1n) is 4.54. The molecule has 0 N–H and O–H groups in total. The van der Waals surface area contributed by atoms with Gasteiger partial charge in [-0.05, 0) is 12.1 Å². The average Bonchev–Trinajstić information content (AvgIpc) is 2.17. The fraction of sp³-hybridized carbons (Fsp3) is 0.400. The Labute approximate surface area is 88.3 Å². The van der Waals surface area contributed by atoms with Crippen LogP contribution in [0.3, 0.4) is 0 Å². The number of halogens is 1. The summed E-state index contributed by atoms with van der Waals surface area (Å²) in [5.41, 5.74) is 0. The number of hydrogen-bond donors (Lipinski definition) is 0. The van der Waals surface area contributed by atoms with Crippen LogP contribution in [-0.2, 0) is 4.79 Å². The summed E-state index contributed by atoms with van der Waals surface area (Å²) in [6, 6.07) is 4.49. The molecule has 0 unspecified atom stereocenters. The number of carbonyl (C=O) groups is 1. The zero-order chi connectivity index (χ0) is 11.4. The minimum atomic E-state index is -0.545. The molecule has 0 fully saturated rings. The molecular formula is C10H14FN3O. The maximum Gasteiger partial charge on any atom is 0.241 e. The van der Waals surface area contributed by atoms with Gasteiger partial charge in [0, 0.05) is 21.1 Å². The summed E-state index contributed by atoms with van der Waals surface area (Å²) in [5, 5.41) is 0. The van der Waals surface area contributed by atoms with E-state index in [0.717, 1.165) is 0 Å². The minimum Gasteiger partial charge on any atom is -0.350 e. The van der Waals surface area contributed by atoms with E-state index in [1.807, 2.05) is 0 Å². The third-order valence-corrected chi connectivity index (χ3v) is 1.96. The quantitative estimate of drug-likeness (QED) is 0.692. The number of nitrogens with zero attached hydrogens (tertiary/aromatic N) is 3. The molecule has 1 aromatic rings. The van der Waals surface area contributed by atoms with E-state index in [4.69, 9.17) is 0 Å². The fourth-order valence-corrected chi connectivity index (χ4v) is 1.04. The molecule has 4 nitrogen and oxygen atoms in total. The second kappa shape index (κ2) is 4.72. The molecule has 1 heterocycles. The van der Waals surface area contributed by atoms with Crippen molar-refractivity contribution in [3.8, 4) is 0 Å². The Bertz CT molecular complexity index is 354. The molecule has 15 heavy (non-hydrogen) atoms. The van der Waals surface area contributed by atoms with Crippen molar-refractivity contribution >= 4 is 11.7 Å².